The van der Waals surface area contributed by atoms with Gasteiger partial charge in [-0.05, 0) is 5.92 Å². The molecule has 0 radical (unpaired) electrons. The SMILES string of the molecule is CC(C)C(N)C(=O)C(C)(C)C. The van der Waals surface area contributed by atoms with Crippen molar-refractivity contribution in [3.63, 3.8) is 0 Å². The van der Waals surface area contributed by atoms with E-state index in [-0.39, 0.29) is 23.2 Å². The van der Waals surface area contributed by atoms with Crippen molar-refractivity contribution in [1.29, 1.82) is 0 Å². The zero-order valence-corrected chi connectivity index (χ0v) is 8.14. The molecule has 0 bridgehead atoms. The first kappa shape index (κ1) is 10.6. The van der Waals surface area contributed by atoms with E-state index in [1.807, 2.05) is 34.6 Å². The van der Waals surface area contributed by atoms with E-state index in [1.165, 1.54) is 0 Å². The summed E-state index contributed by atoms with van der Waals surface area (Å²) in [5, 5.41) is 0. The van der Waals surface area contributed by atoms with Gasteiger partial charge in [-0.1, -0.05) is 34.6 Å². The van der Waals surface area contributed by atoms with Crippen LogP contribution in [0.5, 0.6) is 0 Å². The van der Waals surface area contributed by atoms with E-state index >= 15 is 0 Å². The molecule has 0 aliphatic rings. The van der Waals surface area contributed by atoms with Crippen LogP contribution in [0.4, 0.5) is 0 Å². The molecule has 1 atom stereocenters. The molecule has 0 heterocycles. The minimum Gasteiger partial charge on any atom is -0.321 e. The molecule has 11 heavy (non-hydrogen) atoms. The highest BCUT2D eigenvalue weighted by atomic mass is 16.1. The van der Waals surface area contributed by atoms with Gasteiger partial charge >= 0.3 is 0 Å². The van der Waals surface area contributed by atoms with Gasteiger partial charge in [0.15, 0.2) is 5.78 Å². The van der Waals surface area contributed by atoms with Crippen LogP contribution in [-0.2, 0) is 4.79 Å². The second kappa shape index (κ2) is 3.35. The van der Waals surface area contributed by atoms with E-state index in [2.05, 4.69) is 0 Å². The molecule has 2 nitrogen and oxygen atoms in total. The molecular weight excluding hydrogens is 138 g/mol. The van der Waals surface area contributed by atoms with Gasteiger partial charge in [-0.3, -0.25) is 4.79 Å². The molecule has 0 saturated carbocycles. The lowest BCUT2D eigenvalue weighted by Gasteiger charge is -2.23. The Kier molecular flexibility index (Phi) is 3.24. The van der Waals surface area contributed by atoms with Gasteiger partial charge in [-0.15, -0.1) is 0 Å². The standard InChI is InChI=1S/C9H19NO/c1-6(2)7(10)8(11)9(3,4)5/h6-7H,10H2,1-5H3. The lowest BCUT2D eigenvalue weighted by molar-refractivity contribution is -0.128. The molecule has 0 aliphatic heterocycles. The number of carbonyl (C=O) groups is 1. The minimum atomic E-state index is -0.310. The predicted octanol–water partition coefficient (Wildman–Crippen LogP) is 1.58. The van der Waals surface area contributed by atoms with Gasteiger partial charge in [0.25, 0.3) is 0 Å². The van der Waals surface area contributed by atoms with Crippen LogP contribution >= 0.6 is 0 Å². The Bertz CT molecular complexity index is 144. The summed E-state index contributed by atoms with van der Waals surface area (Å²) in [5.41, 5.74) is 5.39. The van der Waals surface area contributed by atoms with Gasteiger partial charge in [0, 0.05) is 5.41 Å². The summed E-state index contributed by atoms with van der Waals surface area (Å²) in [5.74, 6) is 0.384. The van der Waals surface area contributed by atoms with Gasteiger partial charge in [-0.2, -0.15) is 0 Å². The number of hydrogen-bond donors (Lipinski definition) is 1. The number of nitrogens with two attached hydrogens (primary N) is 1. The van der Waals surface area contributed by atoms with Gasteiger partial charge < -0.3 is 5.73 Å². The van der Waals surface area contributed by atoms with E-state index in [4.69, 9.17) is 5.73 Å². The number of ketones is 1. The van der Waals surface area contributed by atoms with E-state index in [0.29, 0.717) is 0 Å². The van der Waals surface area contributed by atoms with Crippen LogP contribution in [0.3, 0.4) is 0 Å². The first-order valence-electron chi connectivity index (χ1n) is 4.06. The summed E-state index contributed by atoms with van der Waals surface area (Å²) in [6.45, 7) is 9.63. The maximum atomic E-state index is 11.5. The topological polar surface area (TPSA) is 43.1 Å². The van der Waals surface area contributed by atoms with Crippen LogP contribution in [0.15, 0.2) is 0 Å². The Hall–Kier alpha value is -0.370. The Morgan fingerprint density at radius 2 is 1.64 bits per heavy atom. The van der Waals surface area contributed by atoms with Crippen molar-refractivity contribution in [3.05, 3.63) is 0 Å². The second-order valence-corrected chi connectivity index (χ2v) is 4.38. The summed E-state index contributed by atoms with van der Waals surface area (Å²) in [4.78, 5) is 11.5. The fourth-order valence-electron chi connectivity index (χ4n) is 0.803. The molecule has 0 aliphatic carbocycles. The first-order chi connectivity index (χ1) is 4.76. The van der Waals surface area contributed by atoms with Crippen molar-refractivity contribution in [3.8, 4) is 0 Å². The molecule has 0 aromatic rings. The predicted molar refractivity (Wildman–Crippen MR) is 47.3 cm³/mol. The summed E-state index contributed by atoms with van der Waals surface area (Å²) in [7, 11) is 0. The van der Waals surface area contributed by atoms with Crippen LogP contribution in [0.25, 0.3) is 0 Å². The van der Waals surface area contributed by atoms with Crippen molar-refractivity contribution in [1.82, 2.24) is 0 Å². The summed E-state index contributed by atoms with van der Waals surface area (Å²) < 4.78 is 0. The molecule has 0 aromatic heterocycles. The fraction of sp³-hybridized carbons (Fsp3) is 0.889. The largest absolute Gasteiger partial charge is 0.321 e. The Balaban J connectivity index is 4.26. The molecule has 0 aromatic carbocycles. The molecule has 2 N–H and O–H groups in total. The zero-order chi connectivity index (χ0) is 9.23. The van der Waals surface area contributed by atoms with Crippen molar-refractivity contribution in [2.24, 2.45) is 17.1 Å². The van der Waals surface area contributed by atoms with Gasteiger partial charge in [0.1, 0.15) is 0 Å². The number of hydrogen-bond acceptors (Lipinski definition) is 2. The highest BCUT2D eigenvalue weighted by molar-refractivity contribution is 5.88. The van der Waals surface area contributed by atoms with Crippen LogP contribution < -0.4 is 5.73 Å². The van der Waals surface area contributed by atoms with Crippen LogP contribution in [0, 0.1) is 11.3 Å². The molecule has 0 amide bonds. The Labute approximate surface area is 69.2 Å². The lowest BCUT2D eigenvalue weighted by Crippen LogP contribution is -2.42. The first-order valence-corrected chi connectivity index (χ1v) is 4.06. The van der Waals surface area contributed by atoms with E-state index < -0.39 is 0 Å². The van der Waals surface area contributed by atoms with Crippen LogP contribution in [-0.4, -0.2) is 11.8 Å². The Morgan fingerprint density at radius 1 is 1.27 bits per heavy atom. The highest BCUT2D eigenvalue weighted by Gasteiger charge is 2.28. The quantitative estimate of drug-likeness (QED) is 0.661. The third-order valence-electron chi connectivity index (χ3n) is 1.76. The molecule has 0 spiro atoms. The van der Waals surface area contributed by atoms with E-state index in [9.17, 15) is 4.79 Å². The average molecular weight is 157 g/mol. The Morgan fingerprint density at radius 3 is 1.73 bits per heavy atom. The molecule has 1 unspecified atom stereocenters. The maximum absolute atomic E-state index is 11.5. The molecule has 66 valence electrons. The molecular formula is C9H19NO. The van der Waals surface area contributed by atoms with Crippen molar-refractivity contribution >= 4 is 5.78 Å². The summed E-state index contributed by atoms with van der Waals surface area (Å²) in [6.07, 6.45) is 0. The normalized spacial score (nSPS) is 15.2. The summed E-state index contributed by atoms with van der Waals surface area (Å²) >= 11 is 0. The molecule has 2 heteroatoms. The average Bonchev–Trinajstić information content (AvgIpc) is 1.82. The second-order valence-electron chi connectivity index (χ2n) is 4.38. The van der Waals surface area contributed by atoms with Crippen molar-refractivity contribution in [2.75, 3.05) is 0 Å². The van der Waals surface area contributed by atoms with Crippen molar-refractivity contribution in [2.45, 2.75) is 40.7 Å². The van der Waals surface area contributed by atoms with Crippen molar-refractivity contribution < 1.29 is 4.79 Å². The smallest absolute Gasteiger partial charge is 0.155 e. The summed E-state index contributed by atoms with van der Waals surface area (Å²) in [6, 6.07) is -0.310. The van der Waals surface area contributed by atoms with Gasteiger partial charge in [0.05, 0.1) is 6.04 Å². The third kappa shape index (κ3) is 3.02. The minimum absolute atomic E-state index is 0.146. The number of Topliss-reactive ketones (excluding diaryl/α,β-unsaturated/α-hetero) is 1. The molecule has 0 rings (SSSR count). The third-order valence-corrected chi connectivity index (χ3v) is 1.76. The highest BCUT2D eigenvalue weighted by Crippen LogP contribution is 2.18. The van der Waals surface area contributed by atoms with E-state index in [1.54, 1.807) is 0 Å². The monoisotopic (exact) mass is 157 g/mol. The number of carbonyl (C=O) groups excluding carboxylic acids is 1. The van der Waals surface area contributed by atoms with Gasteiger partial charge in [0.2, 0.25) is 0 Å². The molecule has 0 saturated heterocycles. The number of rotatable bonds is 2. The van der Waals surface area contributed by atoms with E-state index in [0.717, 1.165) is 0 Å². The maximum Gasteiger partial charge on any atom is 0.155 e. The fourth-order valence-corrected chi connectivity index (χ4v) is 0.803. The van der Waals surface area contributed by atoms with Gasteiger partial charge in [-0.25, -0.2) is 0 Å². The van der Waals surface area contributed by atoms with Crippen LogP contribution in [0.1, 0.15) is 34.6 Å². The lowest BCUT2D eigenvalue weighted by atomic mass is 9.83. The van der Waals surface area contributed by atoms with Crippen LogP contribution in [0.2, 0.25) is 0 Å². The zero-order valence-electron chi connectivity index (χ0n) is 8.14. The molecule has 0 fully saturated rings.